The first kappa shape index (κ1) is 8.71. The molecule has 0 radical (unpaired) electrons. The minimum atomic E-state index is -0.0104. The number of aromatic amines is 1. The van der Waals surface area contributed by atoms with E-state index in [-0.39, 0.29) is 5.56 Å². The van der Waals surface area contributed by atoms with Crippen molar-refractivity contribution in [2.45, 2.75) is 32.1 Å². The van der Waals surface area contributed by atoms with Crippen LogP contribution in [-0.4, -0.2) is 14.6 Å². The molecule has 4 heteroatoms. The lowest BCUT2D eigenvalue weighted by Gasteiger charge is -1.94. The Kier molecular flexibility index (Phi) is 1.71. The molecule has 0 amide bonds. The summed E-state index contributed by atoms with van der Waals surface area (Å²) < 4.78 is 1.53. The predicted molar refractivity (Wildman–Crippen MR) is 57.2 cm³/mol. The second-order valence-corrected chi connectivity index (χ2v) is 4.13. The van der Waals surface area contributed by atoms with Crippen molar-refractivity contribution in [1.82, 2.24) is 14.6 Å². The van der Waals surface area contributed by atoms with Crippen LogP contribution in [0, 0.1) is 0 Å². The van der Waals surface area contributed by atoms with Gasteiger partial charge in [-0.15, -0.1) is 0 Å². The van der Waals surface area contributed by atoms with E-state index >= 15 is 0 Å². The number of aromatic nitrogens is 3. The van der Waals surface area contributed by atoms with E-state index in [1.165, 1.54) is 17.4 Å². The van der Waals surface area contributed by atoms with Crippen molar-refractivity contribution in [1.29, 1.82) is 0 Å². The fourth-order valence-electron chi connectivity index (χ4n) is 1.81. The molecule has 0 aromatic carbocycles. The molecule has 4 nitrogen and oxygen atoms in total. The zero-order valence-electron chi connectivity index (χ0n) is 8.66. The van der Waals surface area contributed by atoms with Crippen molar-refractivity contribution >= 4 is 5.65 Å². The number of nitrogens with zero attached hydrogens (tertiary/aromatic N) is 2. The first-order valence-corrected chi connectivity index (χ1v) is 5.39. The van der Waals surface area contributed by atoms with Crippen molar-refractivity contribution in [3.05, 3.63) is 33.9 Å². The molecule has 2 aromatic rings. The number of H-pyrrole nitrogens is 1. The fraction of sp³-hybridized carbons (Fsp3) is 0.455. The highest BCUT2D eigenvalue weighted by Gasteiger charge is 2.27. The molecule has 0 spiro atoms. The molecule has 0 atom stereocenters. The van der Waals surface area contributed by atoms with Crippen LogP contribution in [0.5, 0.6) is 0 Å². The fourth-order valence-corrected chi connectivity index (χ4v) is 1.81. The van der Waals surface area contributed by atoms with Crippen LogP contribution in [0.3, 0.4) is 0 Å². The molecule has 15 heavy (non-hydrogen) atoms. The maximum Gasteiger partial charge on any atom is 0.271 e. The summed E-state index contributed by atoms with van der Waals surface area (Å²) in [6, 6.07) is 3.64. The Bertz CT molecular complexity index is 563. The summed E-state index contributed by atoms with van der Waals surface area (Å²) in [6.45, 7) is 2.04. The van der Waals surface area contributed by atoms with E-state index in [1.54, 1.807) is 6.07 Å². The maximum absolute atomic E-state index is 11.7. The van der Waals surface area contributed by atoms with Gasteiger partial charge in [0.2, 0.25) is 0 Å². The molecule has 1 aliphatic rings. The van der Waals surface area contributed by atoms with Gasteiger partial charge < -0.3 is 0 Å². The molecule has 0 unspecified atom stereocenters. The molecule has 1 aliphatic carbocycles. The van der Waals surface area contributed by atoms with Crippen LogP contribution in [0.4, 0.5) is 0 Å². The van der Waals surface area contributed by atoms with Gasteiger partial charge in [0.05, 0.1) is 0 Å². The zero-order valence-corrected chi connectivity index (χ0v) is 8.66. The Morgan fingerprint density at radius 1 is 1.53 bits per heavy atom. The molecule has 0 bridgehead atoms. The normalized spacial score (nSPS) is 16.1. The molecule has 1 N–H and O–H groups in total. The van der Waals surface area contributed by atoms with Crippen LogP contribution in [0.25, 0.3) is 5.65 Å². The van der Waals surface area contributed by atoms with E-state index in [9.17, 15) is 4.79 Å². The zero-order chi connectivity index (χ0) is 10.4. The first-order chi connectivity index (χ1) is 7.28. The lowest BCUT2D eigenvalue weighted by atomic mass is 10.2. The molecule has 2 aromatic heterocycles. The number of hydrogen-bond donors (Lipinski definition) is 1. The number of hydrogen-bond acceptors (Lipinski definition) is 2. The van der Waals surface area contributed by atoms with Gasteiger partial charge in [0.15, 0.2) is 5.65 Å². The third-order valence-corrected chi connectivity index (χ3v) is 2.91. The molecular weight excluding hydrogens is 190 g/mol. The second kappa shape index (κ2) is 2.95. The summed E-state index contributed by atoms with van der Waals surface area (Å²) >= 11 is 0. The van der Waals surface area contributed by atoms with Crippen molar-refractivity contribution in [3.63, 3.8) is 0 Å². The second-order valence-electron chi connectivity index (χ2n) is 4.13. The minimum Gasteiger partial charge on any atom is -0.276 e. The molecule has 1 fully saturated rings. The average molecular weight is 203 g/mol. The van der Waals surface area contributed by atoms with Gasteiger partial charge in [-0.1, -0.05) is 6.92 Å². The SMILES string of the molecule is CCc1cc(=O)n2[nH]c(C3CC3)nc2c1. The molecule has 1 saturated carbocycles. The van der Waals surface area contributed by atoms with Gasteiger partial charge in [-0.05, 0) is 30.9 Å². The standard InChI is InChI=1S/C11H13N3O/c1-2-7-5-9-12-11(8-3-4-8)13-14(9)10(15)6-7/h5-6,8H,2-4H2,1H3,(H,12,13). The largest absolute Gasteiger partial charge is 0.276 e. The molecular formula is C11H13N3O. The van der Waals surface area contributed by atoms with Gasteiger partial charge >= 0.3 is 0 Å². The van der Waals surface area contributed by atoms with E-state index in [2.05, 4.69) is 10.1 Å². The van der Waals surface area contributed by atoms with Crippen molar-refractivity contribution < 1.29 is 0 Å². The van der Waals surface area contributed by atoms with Crippen LogP contribution in [0.1, 0.15) is 37.1 Å². The van der Waals surface area contributed by atoms with E-state index < -0.39 is 0 Å². The third kappa shape index (κ3) is 1.37. The number of pyridine rings is 1. The van der Waals surface area contributed by atoms with Crippen LogP contribution in [0.2, 0.25) is 0 Å². The van der Waals surface area contributed by atoms with Gasteiger partial charge in [0.1, 0.15) is 5.82 Å². The van der Waals surface area contributed by atoms with Crippen LogP contribution >= 0.6 is 0 Å². The number of rotatable bonds is 2. The Morgan fingerprint density at radius 3 is 3.00 bits per heavy atom. The summed E-state index contributed by atoms with van der Waals surface area (Å²) in [5, 5.41) is 3.07. The van der Waals surface area contributed by atoms with E-state index in [1.807, 2.05) is 13.0 Å². The quantitative estimate of drug-likeness (QED) is 0.803. The Hall–Kier alpha value is -1.58. The van der Waals surface area contributed by atoms with Gasteiger partial charge in [-0.25, -0.2) is 9.50 Å². The van der Waals surface area contributed by atoms with E-state index in [0.29, 0.717) is 5.92 Å². The number of nitrogens with one attached hydrogen (secondary N) is 1. The van der Waals surface area contributed by atoms with Crippen LogP contribution in [0.15, 0.2) is 16.9 Å². The average Bonchev–Trinajstić information content (AvgIpc) is 2.98. The van der Waals surface area contributed by atoms with Gasteiger partial charge in [-0.3, -0.25) is 9.89 Å². The lowest BCUT2D eigenvalue weighted by Crippen LogP contribution is -2.13. The summed E-state index contributed by atoms with van der Waals surface area (Å²) in [5.74, 6) is 1.51. The van der Waals surface area contributed by atoms with Gasteiger partial charge in [0.25, 0.3) is 5.56 Å². The molecule has 78 valence electrons. The predicted octanol–water partition coefficient (Wildman–Crippen LogP) is 1.46. The summed E-state index contributed by atoms with van der Waals surface area (Å²) in [7, 11) is 0. The molecule has 3 rings (SSSR count). The lowest BCUT2D eigenvalue weighted by molar-refractivity contribution is 0.852. The smallest absolute Gasteiger partial charge is 0.271 e. The van der Waals surface area contributed by atoms with Crippen molar-refractivity contribution in [2.24, 2.45) is 0 Å². The minimum absolute atomic E-state index is 0.0104. The number of aryl methyl sites for hydroxylation is 1. The third-order valence-electron chi connectivity index (χ3n) is 2.91. The Balaban J connectivity index is 2.24. The van der Waals surface area contributed by atoms with Crippen molar-refractivity contribution in [3.8, 4) is 0 Å². The van der Waals surface area contributed by atoms with Crippen LogP contribution < -0.4 is 5.56 Å². The topological polar surface area (TPSA) is 50.2 Å². The molecule has 2 heterocycles. The highest BCUT2D eigenvalue weighted by Crippen LogP contribution is 2.37. The Labute approximate surface area is 86.9 Å². The van der Waals surface area contributed by atoms with Gasteiger partial charge in [0, 0.05) is 12.0 Å². The van der Waals surface area contributed by atoms with Gasteiger partial charge in [-0.2, -0.15) is 0 Å². The molecule has 0 aliphatic heterocycles. The van der Waals surface area contributed by atoms with Crippen LogP contribution in [-0.2, 0) is 6.42 Å². The monoisotopic (exact) mass is 203 g/mol. The van der Waals surface area contributed by atoms with Crippen molar-refractivity contribution in [2.75, 3.05) is 0 Å². The summed E-state index contributed by atoms with van der Waals surface area (Å²) in [6.07, 6.45) is 3.25. The summed E-state index contributed by atoms with van der Waals surface area (Å²) in [4.78, 5) is 16.2. The summed E-state index contributed by atoms with van der Waals surface area (Å²) in [5.41, 5.74) is 1.79. The van der Waals surface area contributed by atoms with E-state index in [4.69, 9.17) is 0 Å². The highest BCUT2D eigenvalue weighted by atomic mass is 16.1. The first-order valence-electron chi connectivity index (χ1n) is 5.39. The maximum atomic E-state index is 11.7. The molecule has 0 saturated heterocycles. The highest BCUT2D eigenvalue weighted by molar-refractivity contribution is 5.41. The number of fused-ring (bicyclic) bond motifs is 1. The Morgan fingerprint density at radius 2 is 2.33 bits per heavy atom. The van der Waals surface area contributed by atoms with E-state index in [0.717, 1.165) is 23.5 Å².